The quantitative estimate of drug-likeness (QED) is 0.241. The van der Waals surface area contributed by atoms with Crippen LogP contribution in [-0.4, -0.2) is 32.9 Å². The van der Waals surface area contributed by atoms with E-state index >= 15 is 0 Å². The molecule has 39 heavy (non-hydrogen) atoms. The molecule has 0 bridgehead atoms. The average molecular weight is 561 g/mol. The van der Waals surface area contributed by atoms with E-state index in [2.05, 4.69) is 14.9 Å². The third-order valence-corrected chi connectivity index (χ3v) is 8.14. The van der Waals surface area contributed by atoms with Crippen molar-refractivity contribution < 1.29 is 37.4 Å². The van der Waals surface area contributed by atoms with E-state index < -0.39 is 18.4 Å². The van der Waals surface area contributed by atoms with Crippen molar-refractivity contribution in [2.24, 2.45) is 0 Å². The van der Waals surface area contributed by atoms with Crippen molar-refractivity contribution in [3.63, 3.8) is 0 Å². The largest absolute Gasteiger partial charge is 0.478 e. The number of halogens is 3. The van der Waals surface area contributed by atoms with Crippen LogP contribution in [0, 0.1) is 5.82 Å². The standard InChI is InChI=1S/C14H13F2NO3.C14H14FNO2S/c15-14(16)19-11-4-2-1-3-9(11)12-10(7-18)13(20-17-12)8-5-6-8;15-10-7-11-12(6-9(10)14(17)18)19-13(16-11)8-4-2-1-3-5-8/h1-4,8,14,18H,5-7H2;6-8H,1-5H2,(H,17,18). The minimum absolute atomic E-state index is 0.0212. The Morgan fingerprint density at radius 2 is 1.85 bits per heavy atom. The lowest BCUT2D eigenvalue weighted by atomic mass is 9.90. The van der Waals surface area contributed by atoms with Gasteiger partial charge in [0.25, 0.3) is 0 Å². The normalized spacial score (nSPS) is 15.8. The second-order valence-corrected chi connectivity index (χ2v) is 10.7. The maximum Gasteiger partial charge on any atom is 0.387 e. The zero-order valence-corrected chi connectivity index (χ0v) is 21.7. The number of alkyl halides is 2. The van der Waals surface area contributed by atoms with Gasteiger partial charge in [0.15, 0.2) is 0 Å². The van der Waals surface area contributed by atoms with Gasteiger partial charge in [-0.1, -0.05) is 36.6 Å². The number of para-hydroxylation sites is 1. The molecule has 206 valence electrons. The highest BCUT2D eigenvalue weighted by Crippen LogP contribution is 2.45. The van der Waals surface area contributed by atoms with E-state index in [0.29, 0.717) is 34.0 Å². The lowest BCUT2D eigenvalue weighted by Gasteiger charge is -2.18. The molecule has 2 saturated carbocycles. The molecule has 0 radical (unpaired) electrons. The first kappa shape index (κ1) is 27.1. The Morgan fingerprint density at radius 1 is 1.10 bits per heavy atom. The molecule has 0 aliphatic heterocycles. The predicted octanol–water partition coefficient (Wildman–Crippen LogP) is 7.49. The molecule has 0 spiro atoms. The Bertz CT molecular complexity index is 1460. The summed E-state index contributed by atoms with van der Waals surface area (Å²) in [6, 6.07) is 8.99. The first-order valence-corrected chi connectivity index (χ1v) is 13.6. The Morgan fingerprint density at radius 3 is 2.51 bits per heavy atom. The number of aromatic carboxylic acids is 1. The lowest BCUT2D eigenvalue weighted by Crippen LogP contribution is -2.03. The number of aromatic nitrogens is 2. The molecule has 6 rings (SSSR count). The maximum atomic E-state index is 13.6. The Hall–Kier alpha value is -3.44. The third kappa shape index (κ3) is 6.09. The van der Waals surface area contributed by atoms with Gasteiger partial charge in [-0.05, 0) is 43.9 Å². The highest BCUT2D eigenvalue weighted by atomic mass is 32.1. The van der Waals surface area contributed by atoms with Crippen LogP contribution >= 0.6 is 11.3 Å². The molecule has 2 aromatic carbocycles. The lowest BCUT2D eigenvalue weighted by molar-refractivity contribution is -0.0494. The molecule has 2 aromatic heterocycles. The Kier molecular flexibility index (Phi) is 8.18. The van der Waals surface area contributed by atoms with E-state index in [0.717, 1.165) is 35.4 Å². The molecular weight excluding hydrogens is 533 g/mol. The number of ether oxygens (including phenoxy) is 1. The fourth-order valence-corrected chi connectivity index (χ4v) is 6.03. The predicted molar refractivity (Wildman–Crippen MR) is 139 cm³/mol. The van der Waals surface area contributed by atoms with E-state index in [9.17, 15) is 23.1 Å². The van der Waals surface area contributed by atoms with Crippen molar-refractivity contribution in [2.45, 2.75) is 70.0 Å². The summed E-state index contributed by atoms with van der Waals surface area (Å²) in [5.74, 6) is -0.529. The van der Waals surface area contributed by atoms with Gasteiger partial charge >= 0.3 is 12.6 Å². The summed E-state index contributed by atoms with van der Waals surface area (Å²) < 4.78 is 49.0. The van der Waals surface area contributed by atoms with Crippen LogP contribution < -0.4 is 4.74 Å². The summed E-state index contributed by atoms with van der Waals surface area (Å²) in [6.45, 7) is -3.16. The second kappa shape index (κ2) is 11.7. The zero-order valence-electron chi connectivity index (χ0n) is 20.9. The van der Waals surface area contributed by atoms with Gasteiger partial charge in [-0.15, -0.1) is 11.3 Å². The molecule has 2 aliphatic rings. The van der Waals surface area contributed by atoms with Gasteiger partial charge < -0.3 is 19.5 Å². The molecule has 0 saturated heterocycles. The van der Waals surface area contributed by atoms with Crippen molar-refractivity contribution >= 4 is 27.5 Å². The minimum atomic E-state index is -2.91. The molecule has 0 atom stereocenters. The number of fused-ring (bicyclic) bond motifs is 1. The SMILES string of the molecule is O=C(O)c1cc2sc(C3CCCCC3)nc2cc1F.OCc1c(-c2ccccc2OC(F)F)noc1C1CC1. The first-order valence-electron chi connectivity index (χ1n) is 12.8. The van der Waals surface area contributed by atoms with Gasteiger partial charge in [-0.25, -0.2) is 14.2 Å². The fraction of sp³-hybridized carbons (Fsp3) is 0.393. The van der Waals surface area contributed by atoms with Gasteiger partial charge in [0, 0.05) is 29.0 Å². The van der Waals surface area contributed by atoms with Crippen LogP contribution in [0.2, 0.25) is 0 Å². The summed E-state index contributed by atoms with van der Waals surface area (Å²) >= 11 is 1.50. The van der Waals surface area contributed by atoms with Crippen molar-refractivity contribution in [3.8, 4) is 17.0 Å². The van der Waals surface area contributed by atoms with Gasteiger partial charge in [-0.3, -0.25) is 0 Å². The molecule has 2 N–H and O–H groups in total. The van der Waals surface area contributed by atoms with E-state index in [1.165, 1.54) is 48.8 Å². The smallest absolute Gasteiger partial charge is 0.387 e. The van der Waals surface area contributed by atoms with Crippen molar-refractivity contribution in [3.05, 3.63) is 64.1 Å². The summed E-state index contributed by atoms with van der Waals surface area (Å²) in [4.78, 5) is 15.4. The van der Waals surface area contributed by atoms with E-state index in [1.54, 1.807) is 18.2 Å². The number of rotatable bonds is 7. The maximum absolute atomic E-state index is 13.6. The van der Waals surface area contributed by atoms with Crippen LogP contribution in [0.1, 0.15) is 83.5 Å². The number of carboxylic acid groups (broad SMARTS) is 1. The monoisotopic (exact) mass is 560 g/mol. The summed E-state index contributed by atoms with van der Waals surface area (Å²) in [5, 5.41) is 23.4. The Labute approximate surface area is 226 Å². The van der Waals surface area contributed by atoms with Crippen LogP contribution in [0.4, 0.5) is 13.2 Å². The Balaban J connectivity index is 0.000000158. The number of carbonyl (C=O) groups is 1. The second-order valence-electron chi connectivity index (χ2n) is 9.67. The van der Waals surface area contributed by atoms with Crippen LogP contribution in [0.3, 0.4) is 0 Å². The third-order valence-electron chi connectivity index (χ3n) is 6.96. The van der Waals surface area contributed by atoms with Gasteiger partial charge in [0.2, 0.25) is 0 Å². The molecule has 0 amide bonds. The molecule has 2 fully saturated rings. The van der Waals surface area contributed by atoms with Crippen LogP contribution in [-0.2, 0) is 6.61 Å². The summed E-state index contributed by atoms with van der Waals surface area (Å²) in [7, 11) is 0. The summed E-state index contributed by atoms with van der Waals surface area (Å²) in [6.07, 6.45) is 7.97. The number of carboxylic acids is 1. The van der Waals surface area contributed by atoms with Crippen LogP contribution in [0.5, 0.6) is 5.75 Å². The number of benzene rings is 2. The number of nitrogens with zero attached hydrogens (tertiary/aromatic N) is 2. The van der Waals surface area contributed by atoms with Gasteiger partial charge in [-0.2, -0.15) is 8.78 Å². The number of hydrogen-bond donors (Lipinski definition) is 2. The topological polar surface area (TPSA) is 106 Å². The molecular formula is C28H27F3N2O5S. The van der Waals surface area contributed by atoms with E-state index in [-0.39, 0.29) is 23.8 Å². The van der Waals surface area contributed by atoms with E-state index in [4.69, 9.17) is 9.63 Å². The minimum Gasteiger partial charge on any atom is -0.478 e. The van der Waals surface area contributed by atoms with Gasteiger partial charge in [0.1, 0.15) is 23.0 Å². The fourth-order valence-electron chi connectivity index (χ4n) is 4.87. The number of aliphatic hydroxyl groups excluding tert-OH is 1. The first-order chi connectivity index (χ1) is 18.9. The number of thiazole rings is 1. The highest BCUT2D eigenvalue weighted by Gasteiger charge is 2.33. The molecule has 4 aromatic rings. The number of hydrogen-bond acceptors (Lipinski definition) is 7. The molecule has 11 heteroatoms. The summed E-state index contributed by atoms with van der Waals surface area (Å²) in [5.41, 5.74) is 1.62. The average Bonchev–Trinajstić information content (AvgIpc) is 3.54. The van der Waals surface area contributed by atoms with Crippen molar-refractivity contribution in [1.29, 1.82) is 0 Å². The van der Waals surface area contributed by atoms with Crippen LogP contribution in [0.25, 0.3) is 21.5 Å². The highest BCUT2D eigenvalue weighted by molar-refractivity contribution is 7.18. The van der Waals surface area contributed by atoms with E-state index in [1.807, 2.05) is 0 Å². The van der Waals surface area contributed by atoms with Crippen molar-refractivity contribution in [1.82, 2.24) is 10.1 Å². The number of aliphatic hydroxyl groups is 1. The van der Waals surface area contributed by atoms with Crippen molar-refractivity contribution in [2.75, 3.05) is 0 Å². The molecule has 2 aliphatic carbocycles. The molecule has 7 nitrogen and oxygen atoms in total. The molecule has 2 heterocycles. The zero-order chi connectivity index (χ0) is 27.5. The molecule has 0 unspecified atom stereocenters. The van der Waals surface area contributed by atoms with Gasteiger partial charge in [0.05, 0.1) is 27.4 Å². The van der Waals surface area contributed by atoms with Crippen LogP contribution in [0.15, 0.2) is 40.9 Å².